The zero-order valence-electron chi connectivity index (χ0n) is 23.2. The van der Waals surface area contributed by atoms with Gasteiger partial charge in [-0.25, -0.2) is 23.1 Å². The van der Waals surface area contributed by atoms with Crippen molar-refractivity contribution in [2.24, 2.45) is 23.7 Å². The topological polar surface area (TPSA) is 166 Å². The molecule has 5 unspecified atom stereocenters. The molecule has 0 saturated heterocycles. The molecule has 4 aliphatic carbocycles. The molecule has 11 nitrogen and oxygen atoms in total. The van der Waals surface area contributed by atoms with Gasteiger partial charge in [0.2, 0.25) is 0 Å². The van der Waals surface area contributed by atoms with Crippen LogP contribution in [0, 0.1) is 23.7 Å². The van der Waals surface area contributed by atoms with E-state index in [9.17, 15) is 28.2 Å². The van der Waals surface area contributed by atoms with Crippen LogP contribution < -0.4 is 0 Å². The first-order valence-electron chi connectivity index (χ1n) is 15.1. The summed E-state index contributed by atoms with van der Waals surface area (Å²) in [4.78, 5) is 39.9. The van der Waals surface area contributed by atoms with E-state index >= 15 is 0 Å². The fraction of sp³-hybridized carbons (Fsp3) is 0.929. The van der Waals surface area contributed by atoms with Gasteiger partial charge in [0.05, 0.1) is 47.8 Å². The van der Waals surface area contributed by atoms with E-state index in [1.807, 2.05) is 0 Å². The number of rotatable bonds is 11. The van der Waals surface area contributed by atoms with Gasteiger partial charge in [-0.3, -0.25) is 14.8 Å². The predicted molar refractivity (Wildman–Crippen MR) is 143 cm³/mol. The molecule has 230 valence electrons. The Labute approximate surface area is 236 Å². The van der Waals surface area contributed by atoms with Gasteiger partial charge in [0.25, 0.3) is 0 Å². The zero-order chi connectivity index (χ0) is 28.7. The maximum atomic E-state index is 13.4. The Bertz CT molecular complexity index is 923. The first-order valence-corrected chi connectivity index (χ1v) is 16.7. The molecule has 0 aliphatic heterocycles. The van der Waals surface area contributed by atoms with Crippen molar-refractivity contribution in [2.75, 3.05) is 13.2 Å². The van der Waals surface area contributed by atoms with E-state index in [0.717, 1.165) is 25.7 Å². The van der Waals surface area contributed by atoms with Crippen molar-refractivity contribution >= 4 is 21.8 Å². The monoisotopic (exact) mass is 590 g/mol. The number of hydrogen-bond acceptors (Lipinski definition) is 10. The van der Waals surface area contributed by atoms with Crippen molar-refractivity contribution < 1.29 is 52.9 Å². The third-order valence-electron chi connectivity index (χ3n) is 9.74. The summed E-state index contributed by atoms with van der Waals surface area (Å²) in [7, 11) is -3.34. The van der Waals surface area contributed by atoms with E-state index in [1.165, 1.54) is 0 Å². The molecule has 4 aliphatic rings. The van der Waals surface area contributed by atoms with Gasteiger partial charge in [0.1, 0.15) is 6.10 Å². The second kappa shape index (κ2) is 14.7. The number of carbonyl (C=O) groups is 2. The average molecular weight is 591 g/mol. The van der Waals surface area contributed by atoms with Crippen molar-refractivity contribution in [1.82, 2.24) is 0 Å². The summed E-state index contributed by atoms with van der Waals surface area (Å²) in [5, 5.41) is 27.3. The van der Waals surface area contributed by atoms with Gasteiger partial charge in [-0.05, 0) is 95.3 Å². The van der Waals surface area contributed by atoms with Gasteiger partial charge in [0.15, 0.2) is 9.84 Å². The second-order valence-corrected chi connectivity index (χ2v) is 14.8. The maximum absolute atomic E-state index is 13.4. The molecule has 0 aromatic heterocycles. The minimum Gasteiger partial charge on any atom is -0.481 e. The molecule has 4 rings (SSSR count). The Morgan fingerprint density at radius 3 is 1.88 bits per heavy atom. The van der Waals surface area contributed by atoms with Gasteiger partial charge in [-0.2, -0.15) is 0 Å². The van der Waals surface area contributed by atoms with Gasteiger partial charge in [0, 0.05) is 0 Å². The summed E-state index contributed by atoms with van der Waals surface area (Å²) in [6.45, 7) is 0.746. The van der Waals surface area contributed by atoms with E-state index in [4.69, 9.17) is 19.8 Å². The largest absolute Gasteiger partial charge is 0.481 e. The summed E-state index contributed by atoms with van der Waals surface area (Å²) in [5.41, 5.74) is 0. The molecule has 0 aromatic rings. The number of aliphatic hydroxyl groups excluding tert-OH is 1. The third kappa shape index (κ3) is 8.16. The Kier molecular flexibility index (Phi) is 11.6. The van der Waals surface area contributed by atoms with E-state index in [1.54, 1.807) is 0 Å². The molecule has 12 heteroatoms. The van der Waals surface area contributed by atoms with Crippen LogP contribution in [0.15, 0.2) is 0 Å². The lowest BCUT2D eigenvalue weighted by Crippen LogP contribution is -2.42. The van der Waals surface area contributed by atoms with Gasteiger partial charge in [-0.1, -0.05) is 12.8 Å². The van der Waals surface area contributed by atoms with Crippen molar-refractivity contribution in [3.05, 3.63) is 0 Å². The molecule has 0 amide bonds. The standard InChI is InChI=1S/C28H46O11S/c29-20-5-14-25(27(30)31)26(15-20)28(32)38-21-6-10-23(11-7-21)40(34,35)24-12-8-22(9-13-24)39-37-17-19-4-2-1-3-18(19)16-36-33/h18-26,29,33H,1-17H2,(H,30,31). The van der Waals surface area contributed by atoms with Crippen LogP contribution in [0.25, 0.3) is 0 Å². The highest BCUT2D eigenvalue weighted by atomic mass is 32.2. The van der Waals surface area contributed by atoms with Crippen LogP contribution in [-0.4, -0.2) is 77.9 Å². The molecule has 4 saturated carbocycles. The smallest absolute Gasteiger partial charge is 0.310 e. The van der Waals surface area contributed by atoms with Crippen molar-refractivity contribution in [3.8, 4) is 0 Å². The van der Waals surface area contributed by atoms with Crippen molar-refractivity contribution in [2.45, 2.75) is 125 Å². The quantitative estimate of drug-likeness (QED) is 0.183. The molecule has 3 N–H and O–H groups in total. The fourth-order valence-electron chi connectivity index (χ4n) is 7.21. The normalized spacial score (nSPS) is 37.5. The number of ether oxygens (including phenoxy) is 1. The summed E-state index contributed by atoms with van der Waals surface area (Å²) in [5.74, 6) is -2.85. The summed E-state index contributed by atoms with van der Waals surface area (Å²) in [6, 6.07) is 0. The van der Waals surface area contributed by atoms with E-state index in [-0.39, 0.29) is 30.8 Å². The minimum absolute atomic E-state index is 0.0801. The van der Waals surface area contributed by atoms with Crippen LogP contribution in [0.5, 0.6) is 0 Å². The fourth-order valence-corrected chi connectivity index (χ4v) is 9.61. The number of hydrogen-bond donors (Lipinski definition) is 3. The van der Waals surface area contributed by atoms with Crippen LogP contribution in [0.2, 0.25) is 0 Å². The lowest BCUT2D eigenvalue weighted by atomic mass is 9.78. The van der Waals surface area contributed by atoms with Crippen molar-refractivity contribution in [1.29, 1.82) is 0 Å². The minimum atomic E-state index is -3.34. The van der Waals surface area contributed by atoms with E-state index in [0.29, 0.717) is 71.0 Å². The number of aliphatic carboxylic acids is 1. The molecule has 0 radical (unpaired) electrons. The summed E-state index contributed by atoms with van der Waals surface area (Å²) in [6.07, 6.45) is 7.61. The maximum Gasteiger partial charge on any atom is 0.310 e. The Morgan fingerprint density at radius 1 is 0.725 bits per heavy atom. The molecule has 0 spiro atoms. The number of esters is 1. The lowest BCUT2D eigenvalue weighted by Gasteiger charge is -2.35. The Morgan fingerprint density at radius 2 is 1.30 bits per heavy atom. The first-order chi connectivity index (χ1) is 19.2. The molecule has 0 bridgehead atoms. The molecular weight excluding hydrogens is 544 g/mol. The number of carboxylic acids is 1. The third-order valence-corrected chi connectivity index (χ3v) is 12.5. The molecular formula is C28H46O11S. The van der Waals surface area contributed by atoms with E-state index < -0.39 is 56.3 Å². The lowest BCUT2D eigenvalue weighted by molar-refractivity contribution is -0.338. The summed E-state index contributed by atoms with van der Waals surface area (Å²) >= 11 is 0. The van der Waals surface area contributed by atoms with E-state index in [2.05, 4.69) is 4.89 Å². The van der Waals surface area contributed by atoms with Crippen LogP contribution >= 0.6 is 0 Å². The predicted octanol–water partition coefficient (Wildman–Crippen LogP) is 3.67. The summed E-state index contributed by atoms with van der Waals surface area (Å²) < 4.78 is 32.4. The molecule has 4 fully saturated rings. The van der Waals surface area contributed by atoms with Crippen LogP contribution in [0.4, 0.5) is 0 Å². The average Bonchev–Trinajstić information content (AvgIpc) is 2.94. The molecule has 0 heterocycles. The highest BCUT2D eigenvalue weighted by molar-refractivity contribution is 7.92. The number of sulfone groups is 1. The van der Waals surface area contributed by atoms with Gasteiger partial charge >= 0.3 is 11.9 Å². The highest BCUT2D eigenvalue weighted by Crippen LogP contribution is 2.37. The number of carbonyl (C=O) groups excluding carboxylic acids is 1. The van der Waals surface area contributed by atoms with Gasteiger partial charge in [-0.15, -0.1) is 0 Å². The van der Waals surface area contributed by atoms with Gasteiger partial charge < -0.3 is 14.9 Å². The number of carboxylic acid groups (broad SMARTS) is 1. The Balaban J connectivity index is 1.17. The molecule has 40 heavy (non-hydrogen) atoms. The molecule has 5 atom stereocenters. The van der Waals surface area contributed by atoms with Crippen molar-refractivity contribution in [3.63, 3.8) is 0 Å². The zero-order valence-corrected chi connectivity index (χ0v) is 24.0. The first kappa shape index (κ1) is 31.6. The Hall–Kier alpha value is -1.31. The second-order valence-electron chi connectivity index (χ2n) is 12.3. The van der Waals surface area contributed by atoms with Crippen LogP contribution in [0.3, 0.4) is 0 Å². The molecule has 0 aromatic carbocycles. The number of aliphatic hydroxyl groups is 1. The van der Waals surface area contributed by atoms with Crippen LogP contribution in [-0.2, 0) is 38.8 Å². The highest BCUT2D eigenvalue weighted by Gasteiger charge is 2.43. The SMILES string of the molecule is O=C(O)C1CCC(O)CC1C(=O)OC1CCC(S(=O)(=O)C2CCC(OOCC3CCCCC3COO)CC2)CC1. The van der Waals surface area contributed by atoms with Crippen LogP contribution in [0.1, 0.15) is 96.3 Å².